The molecule has 0 bridgehead atoms. The predicted molar refractivity (Wildman–Crippen MR) is 39.1 cm³/mol. The molecule has 1 rings (SSSR count). The molecule has 0 atom stereocenters. The Labute approximate surface area is 63.0 Å². The minimum Gasteiger partial charge on any atom is -0.276 e. The van der Waals surface area contributed by atoms with E-state index in [0.29, 0.717) is 5.56 Å². The standard InChI is InChI=1S/C7H5ClO.FH/c8-7(9)6-4-2-1-3-5-6;/h1-5H;1H. The predicted octanol–water partition coefficient (Wildman–Crippen LogP) is 2.22. The van der Waals surface area contributed by atoms with E-state index in [0.717, 1.165) is 0 Å². The van der Waals surface area contributed by atoms with E-state index in [1.54, 1.807) is 24.3 Å². The SMILES string of the molecule is F.O=C(Cl)c1ccccc1. The summed E-state index contributed by atoms with van der Waals surface area (Å²) < 4.78 is 0. The van der Waals surface area contributed by atoms with Gasteiger partial charge < -0.3 is 0 Å². The van der Waals surface area contributed by atoms with Crippen LogP contribution in [-0.2, 0) is 0 Å². The molecule has 1 aromatic rings. The molecule has 1 nitrogen and oxygen atoms in total. The maximum atomic E-state index is 10.4. The highest BCUT2D eigenvalue weighted by molar-refractivity contribution is 6.67. The van der Waals surface area contributed by atoms with E-state index in [4.69, 9.17) is 11.6 Å². The molecule has 10 heavy (non-hydrogen) atoms. The molecule has 0 aliphatic carbocycles. The van der Waals surface area contributed by atoms with Crippen LogP contribution in [0, 0.1) is 0 Å². The van der Waals surface area contributed by atoms with Crippen LogP contribution in [0.5, 0.6) is 0 Å². The third-order valence-electron chi connectivity index (χ3n) is 1.00. The number of hydrogen-bond acceptors (Lipinski definition) is 1. The summed E-state index contributed by atoms with van der Waals surface area (Å²) in [5.41, 5.74) is 0.541. The van der Waals surface area contributed by atoms with Gasteiger partial charge in [0, 0.05) is 5.56 Å². The van der Waals surface area contributed by atoms with Gasteiger partial charge in [0.25, 0.3) is 5.24 Å². The Morgan fingerprint density at radius 3 is 2.00 bits per heavy atom. The second-order valence-corrected chi connectivity index (χ2v) is 1.98. The minimum absolute atomic E-state index is 0. The van der Waals surface area contributed by atoms with Gasteiger partial charge in [-0.05, 0) is 11.6 Å². The number of carbonyl (C=O) groups is 1. The van der Waals surface area contributed by atoms with Gasteiger partial charge in [-0.15, -0.1) is 0 Å². The Morgan fingerprint density at radius 2 is 1.70 bits per heavy atom. The molecule has 3 heteroatoms. The van der Waals surface area contributed by atoms with Crippen molar-refractivity contribution in [2.75, 3.05) is 0 Å². The van der Waals surface area contributed by atoms with Gasteiger partial charge in [0.2, 0.25) is 0 Å². The molecule has 0 aliphatic heterocycles. The molecular formula is C7H6ClFO. The lowest BCUT2D eigenvalue weighted by Gasteiger charge is -1.87. The van der Waals surface area contributed by atoms with Gasteiger partial charge in [-0.1, -0.05) is 30.3 Å². The van der Waals surface area contributed by atoms with Gasteiger partial charge in [0.15, 0.2) is 0 Å². The highest BCUT2D eigenvalue weighted by atomic mass is 35.5. The largest absolute Gasteiger partial charge is 0.276 e. The molecule has 0 amide bonds. The van der Waals surface area contributed by atoms with Crippen LogP contribution in [0.1, 0.15) is 10.4 Å². The summed E-state index contributed by atoms with van der Waals surface area (Å²) in [6, 6.07) is 8.74. The van der Waals surface area contributed by atoms with Gasteiger partial charge in [-0.3, -0.25) is 9.50 Å². The zero-order valence-electron chi connectivity index (χ0n) is 5.08. The smallest absolute Gasteiger partial charge is 0.252 e. The Hall–Kier alpha value is -0.890. The first kappa shape index (κ1) is 9.11. The van der Waals surface area contributed by atoms with E-state index in [-0.39, 0.29) is 4.70 Å². The molecule has 1 aromatic carbocycles. The van der Waals surface area contributed by atoms with Crippen molar-refractivity contribution in [1.82, 2.24) is 0 Å². The fraction of sp³-hybridized carbons (Fsp3) is 0. The Morgan fingerprint density at radius 1 is 1.20 bits per heavy atom. The van der Waals surface area contributed by atoms with Crippen LogP contribution >= 0.6 is 11.6 Å². The normalized spacial score (nSPS) is 8.10. The van der Waals surface area contributed by atoms with E-state index < -0.39 is 5.24 Å². The Kier molecular flexibility index (Phi) is 3.65. The molecule has 0 unspecified atom stereocenters. The summed E-state index contributed by atoms with van der Waals surface area (Å²) in [4.78, 5) is 10.4. The van der Waals surface area contributed by atoms with Crippen LogP contribution in [-0.4, -0.2) is 5.24 Å². The Bertz CT molecular complexity index is 210. The van der Waals surface area contributed by atoms with Gasteiger partial charge in [0.1, 0.15) is 0 Å². The van der Waals surface area contributed by atoms with E-state index in [1.165, 1.54) is 0 Å². The first-order valence-corrected chi connectivity index (χ1v) is 2.93. The van der Waals surface area contributed by atoms with E-state index in [2.05, 4.69) is 0 Å². The zero-order chi connectivity index (χ0) is 6.69. The lowest BCUT2D eigenvalue weighted by Crippen LogP contribution is -1.84. The molecule has 0 aliphatic rings. The van der Waals surface area contributed by atoms with Crippen molar-refractivity contribution in [2.45, 2.75) is 0 Å². The average molecular weight is 161 g/mol. The van der Waals surface area contributed by atoms with Gasteiger partial charge in [-0.2, -0.15) is 0 Å². The van der Waals surface area contributed by atoms with Crippen molar-refractivity contribution in [2.24, 2.45) is 0 Å². The highest BCUT2D eigenvalue weighted by Gasteiger charge is 1.95. The quantitative estimate of drug-likeness (QED) is 0.576. The maximum Gasteiger partial charge on any atom is 0.252 e. The van der Waals surface area contributed by atoms with E-state index in [9.17, 15) is 4.79 Å². The fourth-order valence-corrected chi connectivity index (χ4v) is 0.695. The second kappa shape index (κ2) is 4.01. The highest BCUT2D eigenvalue weighted by Crippen LogP contribution is 2.01. The minimum atomic E-state index is -0.407. The summed E-state index contributed by atoms with van der Waals surface area (Å²) in [5.74, 6) is 0. The zero-order valence-corrected chi connectivity index (χ0v) is 5.84. The van der Waals surface area contributed by atoms with Gasteiger partial charge >= 0.3 is 0 Å². The number of carbonyl (C=O) groups excluding carboxylic acids is 1. The topological polar surface area (TPSA) is 17.1 Å². The lowest BCUT2D eigenvalue weighted by molar-refractivity contribution is 0.108. The summed E-state index contributed by atoms with van der Waals surface area (Å²) in [6.45, 7) is 0. The number of halogens is 2. The molecule has 0 fully saturated rings. The maximum absolute atomic E-state index is 10.4. The van der Waals surface area contributed by atoms with Crippen molar-refractivity contribution >= 4 is 16.8 Å². The first-order valence-electron chi connectivity index (χ1n) is 2.55. The van der Waals surface area contributed by atoms with Crippen molar-refractivity contribution in [3.63, 3.8) is 0 Å². The van der Waals surface area contributed by atoms with Crippen LogP contribution in [0.2, 0.25) is 0 Å². The fourth-order valence-electron chi connectivity index (χ4n) is 0.569. The molecule has 54 valence electrons. The monoisotopic (exact) mass is 160 g/mol. The van der Waals surface area contributed by atoms with Crippen molar-refractivity contribution < 1.29 is 9.50 Å². The van der Waals surface area contributed by atoms with Crippen LogP contribution < -0.4 is 0 Å². The van der Waals surface area contributed by atoms with Crippen molar-refractivity contribution in [3.05, 3.63) is 35.9 Å². The van der Waals surface area contributed by atoms with Crippen LogP contribution in [0.25, 0.3) is 0 Å². The van der Waals surface area contributed by atoms with Crippen LogP contribution in [0.3, 0.4) is 0 Å². The van der Waals surface area contributed by atoms with E-state index >= 15 is 0 Å². The van der Waals surface area contributed by atoms with Gasteiger partial charge in [-0.25, -0.2) is 0 Å². The molecule has 0 saturated carbocycles. The third-order valence-corrected chi connectivity index (χ3v) is 1.22. The third kappa shape index (κ3) is 2.15. The summed E-state index contributed by atoms with van der Waals surface area (Å²) >= 11 is 5.16. The van der Waals surface area contributed by atoms with Crippen molar-refractivity contribution in [1.29, 1.82) is 0 Å². The molecule has 0 spiro atoms. The first-order chi connectivity index (χ1) is 4.30. The summed E-state index contributed by atoms with van der Waals surface area (Å²) in [5, 5.41) is -0.407. The van der Waals surface area contributed by atoms with E-state index in [1.807, 2.05) is 6.07 Å². The van der Waals surface area contributed by atoms with Crippen LogP contribution in [0.4, 0.5) is 4.70 Å². The Balaban J connectivity index is 0.000000810. The molecule has 0 heterocycles. The summed E-state index contributed by atoms with van der Waals surface area (Å²) in [6.07, 6.45) is 0. The van der Waals surface area contributed by atoms with Crippen molar-refractivity contribution in [3.8, 4) is 0 Å². The molecule has 0 saturated heterocycles. The number of hydrogen-bond donors (Lipinski definition) is 0. The molecular weight excluding hydrogens is 155 g/mol. The summed E-state index contributed by atoms with van der Waals surface area (Å²) in [7, 11) is 0. The second-order valence-electron chi connectivity index (χ2n) is 1.64. The molecule has 0 N–H and O–H groups in total. The number of rotatable bonds is 1. The van der Waals surface area contributed by atoms with Crippen LogP contribution in [0.15, 0.2) is 30.3 Å². The number of benzene rings is 1. The molecule has 0 radical (unpaired) electrons. The lowest BCUT2D eigenvalue weighted by atomic mass is 10.2. The van der Waals surface area contributed by atoms with Gasteiger partial charge in [0.05, 0.1) is 0 Å². The molecule has 0 aromatic heterocycles. The average Bonchev–Trinajstić information content (AvgIpc) is 1.90.